The minimum absolute atomic E-state index is 0.171. The number of hydrogen-bond donors (Lipinski definition) is 0. The van der Waals surface area contributed by atoms with Crippen molar-refractivity contribution in [2.45, 2.75) is 12.5 Å². The molecule has 1 aliphatic heterocycles. The molecule has 0 saturated carbocycles. The maximum Gasteiger partial charge on any atom is 0.227 e. The summed E-state index contributed by atoms with van der Waals surface area (Å²) >= 11 is 0. The zero-order valence-corrected chi connectivity index (χ0v) is 10.1. The summed E-state index contributed by atoms with van der Waals surface area (Å²) in [5, 5.41) is 0. The van der Waals surface area contributed by atoms with Crippen molar-refractivity contribution < 1.29 is 9.53 Å². The molecule has 17 heavy (non-hydrogen) atoms. The predicted octanol–water partition coefficient (Wildman–Crippen LogP) is 1.73. The number of rotatable bonds is 4. The highest BCUT2D eigenvalue weighted by Crippen LogP contribution is 2.14. The molecular weight excluding hydrogens is 214 g/mol. The normalized spacial score (nSPS) is 15.5. The zero-order chi connectivity index (χ0) is 12.3. The van der Waals surface area contributed by atoms with Gasteiger partial charge in [-0.3, -0.25) is 4.79 Å². The van der Waals surface area contributed by atoms with Crippen LogP contribution in [0, 0.1) is 0 Å². The van der Waals surface area contributed by atoms with E-state index in [0.29, 0.717) is 6.42 Å². The van der Waals surface area contributed by atoms with Gasteiger partial charge in [0.15, 0.2) is 0 Å². The molecular formula is C14H17NO2. The highest BCUT2D eigenvalue weighted by atomic mass is 16.5. The Morgan fingerprint density at radius 2 is 2.12 bits per heavy atom. The summed E-state index contributed by atoms with van der Waals surface area (Å²) in [5.41, 5.74) is 2.12. The van der Waals surface area contributed by atoms with Crippen molar-refractivity contribution in [2.75, 3.05) is 20.2 Å². The van der Waals surface area contributed by atoms with E-state index in [1.807, 2.05) is 29.2 Å². The Kier molecular flexibility index (Phi) is 3.59. The van der Waals surface area contributed by atoms with Crippen LogP contribution < -0.4 is 0 Å². The van der Waals surface area contributed by atoms with Gasteiger partial charge in [-0.15, -0.1) is 0 Å². The van der Waals surface area contributed by atoms with Gasteiger partial charge in [0.25, 0.3) is 0 Å². The fourth-order valence-corrected chi connectivity index (χ4v) is 1.85. The maximum absolute atomic E-state index is 11.9. The molecule has 0 spiro atoms. The van der Waals surface area contributed by atoms with E-state index in [1.165, 1.54) is 0 Å². The molecule has 1 heterocycles. The second kappa shape index (κ2) is 5.15. The summed E-state index contributed by atoms with van der Waals surface area (Å²) in [7, 11) is 1.68. The first-order chi connectivity index (χ1) is 8.22. The second-order valence-electron chi connectivity index (χ2n) is 4.28. The molecule has 1 aliphatic rings. The molecule has 3 nitrogen and oxygen atoms in total. The third-order valence-corrected chi connectivity index (χ3v) is 3.10. The minimum atomic E-state index is 0.171. The van der Waals surface area contributed by atoms with Crippen molar-refractivity contribution in [3.63, 3.8) is 0 Å². The van der Waals surface area contributed by atoms with Crippen LogP contribution in [0.15, 0.2) is 30.8 Å². The van der Waals surface area contributed by atoms with Crippen molar-refractivity contribution in [3.8, 4) is 0 Å². The van der Waals surface area contributed by atoms with Gasteiger partial charge in [-0.1, -0.05) is 36.9 Å². The van der Waals surface area contributed by atoms with E-state index in [1.54, 1.807) is 13.2 Å². The smallest absolute Gasteiger partial charge is 0.227 e. The highest BCUT2D eigenvalue weighted by molar-refractivity contribution is 5.79. The number of carbonyl (C=O) groups excluding carboxylic acids is 1. The van der Waals surface area contributed by atoms with Crippen LogP contribution in [-0.4, -0.2) is 37.1 Å². The summed E-state index contributed by atoms with van der Waals surface area (Å²) in [4.78, 5) is 13.7. The lowest BCUT2D eigenvalue weighted by Crippen LogP contribution is -2.54. The number of hydrogen-bond acceptors (Lipinski definition) is 2. The molecule has 1 amide bonds. The van der Waals surface area contributed by atoms with Crippen LogP contribution in [0.25, 0.3) is 6.08 Å². The van der Waals surface area contributed by atoms with E-state index < -0.39 is 0 Å². The molecule has 3 heteroatoms. The summed E-state index contributed by atoms with van der Waals surface area (Å²) in [6.07, 6.45) is 2.49. The van der Waals surface area contributed by atoms with Gasteiger partial charge in [0.2, 0.25) is 5.91 Å². The van der Waals surface area contributed by atoms with Crippen molar-refractivity contribution in [1.82, 2.24) is 4.90 Å². The van der Waals surface area contributed by atoms with Crippen LogP contribution in [0.4, 0.5) is 0 Å². The van der Waals surface area contributed by atoms with Gasteiger partial charge in [0.05, 0.1) is 12.5 Å². The van der Waals surface area contributed by atoms with E-state index in [0.717, 1.165) is 24.2 Å². The topological polar surface area (TPSA) is 29.5 Å². The molecule has 0 bridgehead atoms. The number of nitrogens with zero attached hydrogens (tertiary/aromatic N) is 1. The molecule has 0 aromatic heterocycles. The van der Waals surface area contributed by atoms with Gasteiger partial charge in [-0.25, -0.2) is 0 Å². The summed E-state index contributed by atoms with van der Waals surface area (Å²) in [6, 6.07) is 7.90. The quantitative estimate of drug-likeness (QED) is 0.789. The first kappa shape index (κ1) is 11.9. The molecule has 1 aromatic rings. The zero-order valence-electron chi connectivity index (χ0n) is 10.1. The first-order valence-electron chi connectivity index (χ1n) is 5.75. The number of ether oxygens (including phenoxy) is 1. The largest absolute Gasteiger partial charge is 0.378 e. The number of carbonyl (C=O) groups is 1. The van der Waals surface area contributed by atoms with Gasteiger partial charge < -0.3 is 9.64 Å². The molecule has 1 saturated heterocycles. The van der Waals surface area contributed by atoms with Gasteiger partial charge in [0.1, 0.15) is 0 Å². The Balaban J connectivity index is 1.88. The van der Waals surface area contributed by atoms with Crippen LogP contribution >= 0.6 is 0 Å². The van der Waals surface area contributed by atoms with Crippen LogP contribution in [-0.2, 0) is 16.0 Å². The van der Waals surface area contributed by atoms with Crippen LogP contribution in [0.1, 0.15) is 11.1 Å². The lowest BCUT2D eigenvalue weighted by atomic mass is 10.1. The Morgan fingerprint density at radius 1 is 1.47 bits per heavy atom. The van der Waals surface area contributed by atoms with Gasteiger partial charge in [0, 0.05) is 20.2 Å². The Morgan fingerprint density at radius 3 is 2.65 bits per heavy atom. The molecule has 0 atom stereocenters. The highest BCUT2D eigenvalue weighted by Gasteiger charge is 2.29. The molecule has 90 valence electrons. The number of amides is 1. The van der Waals surface area contributed by atoms with E-state index in [-0.39, 0.29) is 12.0 Å². The maximum atomic E-state index is 11.9. The first-order valence-corrected chi connectivity index (χ1v) is 5.75. The Labute approximate surface area is 102 Å². The van der Waals surface area contributed by atoms with Crippen LogP contribution in [0.5, 0.6) is 0 Å². The standard InChI is InChI=1S/C14H17NO2/c1-3-11-4-6-12(7-5-11)8-14(16)15-9-13(10-15)17-2/h3-7,13H,1,8-10H2,2H3. The second-order valence-corrected chi connectivity index (χ2v) is 4.28. The Bertz CT molecular complexity index is 405. The van der Waals surface area contributed by atoms with Crippen molar-refractivity contribution >= 4 is 12.0 Å². The number of likely N-dealkylation sites (tertiary alicyclic amines) is 1. The summed E-state index contributed by atoms with van der Waals surface area (Å²) in [6.45, 7) is 5.15. The van der Waals surface area contributed by atoms with Crippen LogP contribution in [0.2, 0.25) is 0 Å². The fraction of sp³-hybridized carbons (Fsp3) is 0.357. The van der Waals surface area contributed by atoms with E-state index >= 15 is 0 Å². The summed E-state index contributed by atoms with van der Waals surface area (Å²) in [5.74, 6) is 0.171. The molecule has 0 aliphatic carbocycles. The monoisotopic (exact) mass is 231 g/mol. The SMILES string of the molecule is C=Cc1ccc(CC(=O)N2CC(OC)C2)cc1. The van der Waals surface area contributed by atoms with Gasteiger partial charge >= 0.3 is 0 Å². The molecule has 0 N–H and O–H groups in total. The van der Waals surface area contributed by atoms with E-state index in [9.17, 15) is 4.79 Å². The third-order valence-electron chi connectivity index (χ3n) is 3.10. The van der Waals surface area contributed by atoms with Gasteiger partial charge in [-0.05, 0) is 11.1 Å². The Hall–Kier alpha value is -1.61. The lowest BCUT2D eigenvalue weighted by molar-refractivity contribution is -0.142. The average molecular weight is 231 g/mol. The number of benzene rings is 1. The number of methoxy groups -OCH3 is 1. The van der Waals surface area contributed by atoms with E-state index in [4.69, 9.17) is 4.74 Å². The predicted molar refractivity (Wildman–Crippen MR) is 67.6 cm³/mol. The van der Waals surface area contributed by atoms with Crippen molar-refractivity contribution in [1.29, 1.82) is 0 Å². The molecule has 2 rings (SSSR count). The molecule has 0 radical (unpaired) electrons. The third kappa shape index (κ3) is 2.74. The molecule has 0 unspecified atom stereocenters. The van der Waals surface area contributed by atoms with E-state index in [2.05, 4.69) is 6.58 Å². The minimum Gasteiger partial charge on any atom is -0.378 e. The van der Waals surface area contributed by atoms with Crippen LogP contribution in [0.3, 0.4) is 0 Å². The van der Waals surface area contributed by atoms with Crippen molar-refractivity contribution in [3.05, 3.63) is 42.0 Å². The summed E-state index contributed by atoms with van der Waals surface area (Å²) < 4.78 is 5.14. The average Bonchev–Trinajstić information content (AvgIpc) is 2.28. The van der Waals surface area contributed by atoms with Crippen molar-refractivity contribution in [2.24, 2.45) is 0 Å². The molecule has 1 fully saturated rings. The lowest BCUT2D eigenvalue weighted by Gasteiger charge is -2.38. The van der Waals surface area contributed by atoms with Gasteiger partial charge in [-0.2, -0.15) is 0 Å². The fourth-order valence-electron chi connectivity index (χ4n) is 1.85. The molecule has 1 aromatic carbocycles.